The lowest BCUT2D eigenvalue weighted by atomic mass is 10.2. The molecule has 1 rings (SSSR count). The van der Waals surface area contributed by atoms with Crippen molar-refractivity contribution in [1.29, 1.82) is 0 Å². The smallest absolute Gasteiger partial charge is 0.243 e. The van der Waals surface area contributed by atoms with E-state index in [9.17, 15) is 0 Å². The normalized spacial score (nSPS) is 13.2. The van der Waals surface area contributed by atoms with Gasteiger partial charge in [-0.15, -0.1) is 0 Å². The van der Waals surface area contributed by atoms with Gasteiger partial charge in [-0.2, -0.15) is 16.7 Å². The summed E-state index contributed by atoms with van der Waals surface area (Å²) in [5.41, 5.74) is 5.70. The summed E-state index contributed by atoms with van der Waals surface area (Å²) >= 11 is 1.66. The summed E-state index contributed by atoms with van der Waals surface area (Å²) < 4.78 is 4.97. The second-order valence-corrected chi connectivity index (χ2v) is 3.36. The lowest BCUT2D eigenvalue weighted by Crippen LogP contribution is -2.08. The van der Waals surface area contributed by atoms with Gasteiger partial charge < -0.3 is 10.3 Å². The van der Waals surface area contributed by atoms with E-state index in [0.717, 1.165) is 18.0 Å². The highest BCUT2D eigenvalue weighted by atomic mass is 32.2. The van der Waals surface area contributed by atoms with Crippen molar-refractivity contribution in [2.45, 2.75) is 25.1 Å². The van der Waals surface area contributed by atoms with Gasteiger partial charge in [-0.25, -0.2) is 0 Å². The molecule has 0 radical (unpaired) electrons. The van der Waals surface area contributed by atoms with Crippen LogP contribution >= 0.6 is 11.8 Å². The zero-order chi connectivity index (χ0) is 8.97. The van der Waals surface area contributed by atoms with Crippen molar-refractivity contribution in [2.24, 2.45) is 5.73 Å². The lowest BCUT2D eigenvalue weighted by Gasteiger charge is -1.98. The maximum absolute atomic E-state index is 5.70. The Kier molecular flexibility index (Phi) is 3.55. The van der Waals surface area contributed by atoms with Crippen LogP contribution in [0.15, 0.2) is 4.52 Å². The van der Waals surface area contributed by atoms with Gasteiger partial charge in [-0.1, -0.05) is 12.1 Å². The van der Waals surface area contributed by atoms with Gasteiger partial charge >= 0.3 is 0 Å². The zero-order valence-electron chi connectivity index (χ0n) is 7.28. The van der Waals surface area contributed by atoms with Gasteiger partial charge in [0.25, 0.3) is 0 Å². The van der Waals surface area contributed by atoms with Gasteiger partial charge in [0, 0.05) is 0 Å². The lowest BCUT2D eigenvalue weighted by molar-refractivity contribution is 0.349. The van der Waals surface area contributed by atoms with Crippen LogP contribution in [0.5, 0.6) is 0 Å². The number of hydrogen-bond donors (Lipinski definition) is 1. The fourth-order valence-corrected chi connectivity index (χ4v) is 1.16. The first-order chi connectivity index (χ1) is 5.77. The minimum Gasteiger partial charge on any atom is -0.338 e. The molecular formula is C7H13N3OS. The first-order valence-electron chi connectivity index (χ1n) is 3.85. The first kappa shape index (κ1) is 9.54. The Balaban J connectivity index is 2.63. The Morgan fingerprint density at radius 1 is 1.67 bits per heavy atom. The number of aromatic nitrogens is 2. The molecular weight excluding hydrogens is 174 g/mol. The van der Waals surface area contributed by atoms with Gasteiger partial charge in [0.1, 0.15) is 0 Å². The van der Waals surface area contributed by atoms with Crippen LogP contribution in [-0.2, 0) is 5.75 Å². The van der Waals surface area contributed by atoms with E-state index >= 15 is 0 Å². The molecule has 0 fully saturated rings. The molecule has 0 aliphatic heterocycles. The number of nitrogens with two attached hydrogens (primary N) is 1. The molecule has 0 aliphatic carbocycles. The molecule has 0 amide bonds. The quantitative estimate of drug-likeness (QED) is 0.770. The van der Waals surface area contributed by atoms with E-state index in [1.165, 1.54) is 0 Å². The Morgan fingerprint density at radius 3 is 3.00 bits per heavy atom. The van der Waals surface area contributed by atoms with Crippen molar-refractivity contribution in [2.75, 3.05) is 6.26 Å². The Labute approximate surface area is 75.9 Å². The van der Waals surface area contributed by atoms with Crippen LogP contribution in [0.3, 0.4) is 0 Å². The number of thioether (sulfide) groups is 1. The van der Waals surface area contributed by atoms with Crippen molar-refractivity contribution >= 4 is 11.8 Å². The van der Waals surface area contributed by atoms with Crippen LogP contribution in [-0.4, -0.2) is 16.4 Å². The Bertz CT molecular complexity index is 238. The largest absolute Gasteiger partial charge is 0.338 e. The molecule has 1 aromatic rings. The fourth-order valence-electron chi connectivity index (χ4n) is 0.780. The maximum Gasteiger partial charge on any atom is 0.243 e. The predicted octanol–water partition coefficient (Wildman–Crippen LogP) is 1.34. The van der Waals surface area contributed by atoms with Crippen molar-refractivity contribution in [3.8, 4) is 0 Å². The molecule has 68 valence electrons. The summed E-state index contributed by atoms with van der Waals surface area (Å²) in [6, 6.07) is -0.117. The Hall–Kier alpha value is -0.550. The highest BCUT2D eigenvalue weighted by Crippen LogP contribution is 2.12. The third kappa shape index (κ3) is 2.22. The van der Waals surface area contributed by atoms with Gasteiger partial charge in [0.15, 0.2) is 5.82 Å². The minimum atomic E-state index is -0.117. The molecule has 0 saturated carbocycles. The topological polar surface area (TPSA) is 64.9 Å². The molecule has 5 heteroatoms. The molecule has 12 heavy (non-hydrogen) atoms. The average molecular weight is 187 g/mol. The molecule has 0 bridgehead atoms. The monoisotopic (exact) mass is 187 g/mol. The van der Waals surface area contributed by atoms with Crippen LogP contribution in [0.1, 0.15) is 31.1 Å². The maximum atomic E-state index is 5.70. The van der Waals surface area contributed by atoms with Crippen molar-refractivity contribution in [3.05, 3.63) is 11.7 Å². The summed E-state index contributed by atoms with van der Waals surface area (Å²) in [5, 5.41) is 3.79. The SMILES string of the molecule is CC[C@@H](N)c1nc(CSC)no1. The summed E-state index contributed by atoms with van der Waals surface area (Å²) in [4.78, 5) is 4.15. The van der Waals surface area contributed by atoms with E-state index in [4.69, 9.17) is 10.3 Å². The van der Waals surface area contributed by atoms with Crippen molar-refractivity contribution in [1.82, 2.24) is 10.1 Å². The minimum absolute atomic E-state index is 0.117. The number of hydrogen-bond acceptors (Lipinski definition) is 5. The zero-order valence-corrected chi connectivity index (χ0v) is 8.10. The summed E-state index contributed by atoms with van der Waals surface area (Å²) in [6.07, 6.45) is 2.82. The number of rotatable bonds is 4. The van der Waals surface area contributed by atoms with Gasteiger partial charge in [0.05, 0.1) is 11.8 Å². The second kappa shape index (κ2) is 4.47. The third-order valence-corrected chi connectivity index (χ3v) is 2.06. The summed E-state index contributed by atoms with van der Waals surface area (Å²) in [7, 11) is 0. The molecule has 0 unspecified atom stereocenters. The molecule has 1 atom stereocenters. The summed E-state index contributed by atoms with van der Waals surface area (Å²) in [6.45, 7) is 1.99. The third-order valence-electron chi connectivity index (χ3n) is 1.51. The molecule has 0 aliphatic rings. The van der Waals surface area contributed by atoms with E-state index in [2.05, 4.69) is 10.1 Å². The highest BCUT2D eigenvalue weighted by Gasteiger charge is 2.11. The van der Waals surface area contributed by atoms with Crippen molar-refractivity contribution < 1.29 is 4.52 Å². The van der Waals surface area contributed by atoms with Crippen LogP contribution in [0.4, 0.5) is 0 Å². The van der Waals surface area contributed by atoms with E-state index in [1.54, 1.807) is 11.8 Å². The number of nitrogens with zero attached hydrogens (tertiary/aromatic N) is 2. The van der Waals surface area contributed by atoms with E-state index in [-0.39, 0.29) is 6.04 Å². The molecule has 0 saturated heterocycles. The first-order valence-corrected chi connectivity index (χ1v) is 5.24. The van der Waals surface area contributed by atoms with Crippen molar-refractivity contribution in [3.63, 3.8) is 0 Å². The molecule has 0 aromatic carbocycles. The molecule has 4 nitrogen and oxygen atoms in total. The van der Waals surface area contributed by atoms with Crippen LogP contribution < -0.4 is 5.73 Å². The van der Waals surface area contributed by atoms with Gasteiger partial charge in [-0.3, -0.25) is 0 Å². The fraction of sp³-hybridized carbons (Fsp3) is 0.714. The average Bonchev–Trinajstić information content (AvgIpc) is 2.52. The van der Waals surface area contributed by atoms with E-state index in [0.29, 0.717) is 5.89 Å². The summed E-state index contributed by atoms with van der Waals surface area (Å²) in [5.74, 6) is 2.04. The highest BCUT2D eigenvalue weighted by molar-refractivity contribution is 7.97. The molecule has 1 heterocycles. The molecule has 1 aromatic heterocycles. The molecule has 2 N–H and O–H groups in total. The van der Waals surface area contributed by atoms with Gasteiger partial charge in [0.2, 0.25) is 5.89 Å². The Morgan fingerprint density at radius 2 is 2.42 bits per heavy atom. The van der Waals surface area contributed by atoms with Crippen LogP contribution in [0, 0.1) is 0 Å². The molecule has 0 spiro atoms. The second-order valence-electron chi connectivity index (χ2n) is 2.50. The standard InChI is InChI=1S/C7H13N3OS/c1-3-5(8)7-9-6(4-12-2)10-11-7/h5H,3-4,8H2,1-2H3/t5-/m1/s1. The van der Waals surface area contributed by atoms with Crippen LogP contribution in [0.2, 0.25) is 0 Å². The van der Waals surface area contributed by atoms with Crippen LogP contribution in [0.25, 0.3) is 0 Å². The van der Waals surface area contributed by atoms with E-state index < -0.39 is 0 Å². The predicted molar refractivity (Wildman–Crippen MR) is 48.7 cm³/mol. The van der Waals surface area contributed by atoms with Gasteiger partial charge in [-0.05, 0) is 12.7 Å². The van der Waals surface area contributed by atoms with E-state index in [1.807, 2.05) is 13.2 Å².